The molecule has 2 N–H and O–H groups in total. The number of nitrogens with two attached hydrogens (primary N) is 1. The van der Waals surface area contributed by atoms with E-state index < -0.39 is 0 Å². The number of rotatable bonds is 5. The van der Waals surface area contributed by atoms with Crippen LogP contribution in [-0.4, -0.2) is 18.6 Å². The molecule has 0 aliphatic heterocycles. The third kappa shape index (κ3) is 2.73. The molecule has 0 unspecified atom stereocenters. The van der Waals surface area contributed by atoms with Crippen LogP contribution in [0.1, 0.15) is 31.0 Å². The maximum Gasteiger partial charge on any atom is 0.128 e. The van der Waals surface area contributed by atoms with E-state index in [9.17, 15) is 0 Å². The molecule has 2 rings (SSSR count). The third-order valence-electron chi connectivity index (χ3n) is 3.14. The normalized spacial score (nSPS) is 15.2. The van der Waals surface area contributed by atoms with Gasteiger partial charge in [-0.1, -0.05) is 6.92 Å². The van der Waals surface area contributed by atoms with Gasteiger partial charge in [0.1, 0.15) is 5.82 Å². The predicted octanol–water partition coefficient (Wildman–Crippen LogP) is 1.95. The zero-order valence-electron chi connectivity index (χ0n) is 10.2. The van der Waals surface area contributed by atoms with Crippen molar-refractivity contribution in [3.05, 3.63) is 23.4 Å². The summed E-state index contributed by atoms with van der Waals surface area (Å²) in [5.74, 6) is 1.96. The van der Waals surface area contributed by atoms with Crippen LogP contribution in [0.15, 0.2) is 12.1 Å². The first-order valence-electron chi connectivity index (χ1n) is 6.14. The van der Waals surface area contributed by atoms with E-state index in [2.05, 4.69) is 36.0 Å². The first kappa shape index (κ1) is 11.4. The highest BCUT2D eigenvalue weighted by molar-refractivity contribution is 5.42. The average molecular weight is 219 g/mol. The number of aromatic nitrogens is 1. The SMILES string of the molecule is CCc1cc(CN)cc(N(C)CC2CC2)n1. The van der Waals surface area contributed by atoms with Crippen molar-refractivity contribution in [3.63, 3.8) is 0 Å². The topological polar surface area (TPSA) is 42.1 Å². The monoisotopic (exact) mass is 219 g/mol. The molecule has 3 heteroatoms. The van der Waals surface area contributed by atoms with Gasteiger partial charge in [0.25, 0.3) is 0 Å². The summed E-state index contributed by atoms with van der Waals surface area (Å²) in [6.45, 7) is 3.86. The van der Waals surface area contributed by atoms with Crippen LogP contribution in [0, 0.1) is 5.92 Å². The fourth-order valence-electron chi connectivity index (χ4n) is 1.91. The summed E-state index contributed by atoms with van der Waals surface area (Å²) in [5, 5.41) is 0. The fraction of sp³-hybridized carbons (Fsp3) is 0.615. The minimum Gasteiger partial charge on any atom is -0.359 e. The van der Waals surface area contributed by atoms with Crippen LogP contribution in [0.2, 0.25) is 0 Å². The van der Waals surface area contributed by atoms with Crippen molar-refractivity contribution in [2.75, 3.05) is 18.5 Å². The Morgan fingerprint density at radius 2 is 2.19 bits per heavy atom. The van der Waals surface area contributed by atoms with Gasteiger partial charge in [-0.25, -0.2) is 4.98 Å². The van der Waals surface area contributed by atoms with Gasteiger partial charge in [-0.05, 0) is 42.9 Å². The van der Waals surface area contributed by atoms with E-state index in [4.69, 9.17) is 5.73 Å². The van der Waals surface area contributed by atoms with Gasteiger partial charge >= 0.3 is 0 Å². The molecule has 88 valence electrons. The van der Waals surface area contributed by atoms with Crippen molar-refractivity contribution < 1.29 is 0 Å². The lowest BCUT2D eigenvalue weighted by Gasteiger charge is -2.19. The van der Waals surface area contributed by atoms with Crippen molar-refractivity contribution in [2.24, 2.45) is 11.7 Å². The second-order valence-corrected chi connectivity index (χ2v) is 4.71. The molecule has 1 aromatic heterocycles. The molecule has 16 heavy (non-hydrogen) atoms. The number of hydrogen-bond acceptors (Lipinski definition) is 3. The van der Waals surface area contributed by atoms with Gasteiger partial charge in [-0.3, -0.25) is 0 Å². The lowest BCUT2D eigenvalue weighted by Crippen LogP contribution is -2.21. The molecule has 0 amide bonds. The summed E-state index contributed by atoms with van der Waals surface area (Å²) in [4.78, 5) is 6.91. The number of hydrogen-bond donors (Lipinski definition) is 1. The Morgan fingerprint density at radius 3 is 2.75 bits per heavy atom. The summed E-state index contributed by atoms with van der Waals surface area (Å²) < 4.78 is 0. The Hall–Kier alpha value is -1.09. The summed E-state index contributed by atoms with van der Waals surface area (Å²) in [6, 6.07) is 4.22. The van der Waals surface area contributed by atoms with Gasteiger partial charge in [-0.15, -0.1) is 0 Å². The minimum atomic E-state index is 0.597. The minimum absolute atomic E-state index is 0.597. The maximum absolute atomic E-state index is 5.71. The van der Waals surface area contributed by atoms with Crippen molar-refractivity contribution in [2.45, 2.75) is 32.7 Å². The molecule has 1 heterocycles. The first-order valence-corrected chi connectivity index (χ1v) is 6.14. The van der Waals surface area contributed by atoms with E-state index in [1.165, 1.54) is 18.4 Å². The standard InChI is InChI=1S/C13H21N3/c1-3-12-6-11(8-14)7-13(15-12)16(2)9-10-4-5-10/h6-7,10H,3-5,8-9,14H2,1-2H3. The van der Waals surface area contributed by atoms with Crippen LogP contribution in [0.5, 0.6) is 0 Å². The lowest BCUT2D eigenvalue weighted by molar-refractivity contribution is 0.772. The predicted molar refractivity (Wildman–Crippen MR) is 67.5 cm³/mol. The van der Waals surface area contributed by atoms with Crippen LogP contribution < -0.4 is 10.6 Å². The van der Waals surface area contributed by atoms with Gasteiger partial charge in [-0.2, -0.15) is 0 Å². The Labute approximate surface area is 97.7 Å². The summed E-state index contributed by atoms with van der Waals surface area (Å²) in [7, 11) is 2.13. The van der Waals surface area contributed by atoms with Crippen molar-refractivity contribution in [1.29, 1.82) is 0 Å². The van der Waals surface area contributed by atoms with E-state index in [-0.39, 0.29) is 0 Å². The zero-order valence-corrected chi connectivity index (χ0v) is 10.2. The molecular formula is C13H21N3. The van der Waals surface area contributed by atoms with Crippen LogP contribution in [-0.2, 0) is 13.0 Å². The van der Waals surface area contributed by atoms with Crippen LogP contribution >= 0.6 is 0 Å². The molecule has 0 aromatic carbocycles. The van der Waals surface area contributed by atoms with Crippen molar-refractivity contribution in [1.82, 2.24) is 4.98 Å². The molecule has 0 atom stereocenters. The summed E-state index contributed by atoms with van der Waals surface area (Å²) in [5.41, 5.74) is 8.03. The molecule has 0 spiro atoms. The van der Waals surface area contributed by atoms with Gasteiger partial charge in [0.2, 0.25) is 0 Å². The zero-order chi connectivity index (χ0) is 11.5. The van der Waals surface area contributed by atoms with E-state index >= 15 is 0 Å². The Balaban J connectivity index is 2.16. The van der Waals surface area contributed by atoms with E-state index in [1.54, 1.807) is 0 Å². The highest BCUT2D eigenvalue weighted by Gasteiger charge is 2.23. The van der Waals surface area contributed by atoms with Gasteiger partial charge in [0.15, 0.2) is 0 Å². The van der Waals surface area contributed by atoms with E-state index in [1.807, 2.05) is 0 Å². The maximum atomic E-state index is 5.71. The first-order chi connectivity index (χ1) is 7.72. The van der Waals surface area contributed by atoms with Gasteiger partial charge < -0.3 is 10.6 Å². The number of anilines is 1. The molecule has 1 aromatic rings. The lowest BCUT2D eigenvalue weighted by atomic mass is 10.2. The number of aryl methyl sites for hydroxylation is 1. The van der Waals surface area contributed by atoms with Crippen molar-refractivity contribution in [3.8, 4) is 0 Å². The third-order valence-corrected chi connectivity index (χ3v) is 3.14. The van der Waals surface area contributed by atoms with E-state index in [0.717, 1.165) is 30.4 Å². The molecule has 0 saturated heterocycles. The molecule has 1 fully saturated rings. The molecule has 1 saturated carbocycles. The molecule has 3 nitrogen and oxygen atoms in total. The number of nitrogens with zero attached hydrogens (tertiary/aromatic N) is 2. The summed E-state index contributed by atoms with van der Waals surface area (Å²) >= 11 is 0. The highest BCUT2D eigenvalue weighted by Crippen LogP contribution is 2.30. The second-order valence-electron chi connectivity index (χ2n) is 4.71. The van der Waals surface area contributed by atoms with Crippen LogP contribution in [0.3, 0.4) is 0 Å². The molecule has 0 bridgehead atoms. The smallest absolute Gasteiger partial charge is 0.128 e. The van der Waals surface area contributed by atoms with Crippen molar-refractivity contribution >= 4 is 5.82 Å². The molecular weight excluding hydrogens is 198 g/mol. The van der Waals surface area contributed by atoms with Crippen LogP contribution in [0.4, 0.5) is 5.82 Å². The largest absolute Gasteiger partial charge is 0.359 e. The number of pyridine rings is 1. The van der Waals surface area contributed by atoms with E-state index in [0.29, 0.717) is 6.54 Å². The summed E-state index contributed by atoms with van der Waals surface area (Å²) in [6.07, 6.45) is 3.72. The molecule has 0 radical (unpaired) electrons. The van der Waals surface area contributed by atoms with Gasteiger partial charge in [0.05, 0.1) is 0 Å². The molecule has 1 aliphatic carbocycles. The fourth-order valence-corrected chi connectivity index (χ4v) is 1.91. The highest BCUT2D eigenvalue weighted by atomic mass is 15.2. The second kappa shape index (κ2) is 4.83. The molecule has 1 aliphatic rings. The Morgan fingerprint density at radius 1 is 1.44 bits per heavy atom. The Bertz CT molecular complexity index is 336. The average Bonchev–Trinajstić information content (AvgIpc) is 3.12. The Kier molecular flexibility index (Phi) is 3.44. The quantitative estimate of drug-likeness (QED) is 0.823. The van der Waals surface area contributed by atoms with Crippen LogP contribution in [0.25, 0.3) is 0 Å². The van der Waals surface area contributed by atoms with Gasteiger partial charge in [0, 0.05) is 25.8 Å².